The van der Waals surface area contributed by atoms with E-state index in [1.807, 2.05) is 24.3 Å². The van der Waals surface area contributed by atoms with E-state index in [0.29, 0.717) is 40.6 Å². The number of nitrogens with zero attached hydrogens (tertiary/aromatic N) is 3. The third-order valence-corrected chi connectivity index (χ3v) is 6.68. The molecule has 0 spiro atoms. The van der Waals surface area contributed by atoms with Gasteiger partial charge >= 0.3 is 5.97 Å². The summed E-state index contributed by atoms with van der Waals surface area (Å²) in [4.78, 5) is 37.5. The molecule has 204 valence electrons. The zero-order chi connectivity index (χ0) is 28.1. The molecule has 0 saturated carbocycles. The molecule has 1 N–H and O–H groups in total. The van der Waals surface area contributed by atoms with E-state index in [2.05, 4.69) is 10.3 Å². The third-order valence-electron chi connectivity index (χ3n) is 6.68. The Bertz CT molecular complexity index is 1720. The Morgan fingerprint density at radius 3 is 2.58 bits per heavy atom. The van der Waals surface area contributed by atoms with E-state index in [4.69, 9.17) is 13.9 Å². The van der Waals surface area contributed by atoms with Crippen molar-refractivity contribution in [1.82, 2.24) is 15.0 Å². The highest BCUT2D eigenvalue weighted by molar-refractivity contribution is 5.99. The van der Waals surface area contributed by atoms with Gasteiger partial charge < -0.3 is 19.0 Å². The van der Waals surface area contributed by atoms with Crippen LogP contribution in [0.3, 0.4) is 0 Å². The van der Waals surface area contributed by atoms with Crippen LogP contribution in [0.2, 0.25) is 0 Å². The largest absolute Gasteiger partial charge is 0.497 e. The van der Waals surface area contributed by atoms with E-state index in [1.54, 1.807) is 55.6 Å². The van der Waals surface area contributed by atoms with Crippen LogP contribution in [-0.2, 0) is 17.8 Å². The van der Waals surface area contributed by atoms with Crippen LogP contribution in [0.15, 0.2) is 82.0 Å². The maximum absolute atomic E-state index is 12.9. The van der Waals surface area contributed by atoms with Gasteiger partial charge in [-0.1, -0.05) is 29.5 Å². The minimum absolute atomic E-state index is 0.0122. The number of carboxylic acids is 1. The summed E-state index contributed by atoms with van der Waals surface area (Å²) in [7, 11) is 1.63. The van der Waals surface area contributed by atoms with Gasteiger partial charge in [0.05, 0.1) is 25.0 Å². The van der Waals surface area contributed by atoms with Crippen LogP contribution in [0.5, 0.6) is 11.5 Å². The van der Waals surface area contributed by atoms with Gasteiger partial charge in [0.25, 0.3) is 5.56 Å². The number of hydrogen-bond acceptors (Lipinski definition) is 8. The average molecular weight is 542 g/mol. The second-order valence-corrected chi connectivity index (χ2v) is 9.34. The lowest BCUT2D eigenvalue weighted by molar-refractivity contribution is -0.142. The molecule has 0 aliphatic rings. The smallest absolute Gasteiger partial charge is 0.307 e. The van der Waals surface area contributed by atoms with Crippen molar-refractivity contribution in [2.45, 2.75) is 25.8 Å². The highest BCUT2D eigenvalue weighted by Crippen LogP contribution is 2.26. The second-order valence-electron chi connectivity index (χ2n) is 9.34. The quantitative estimate of drug-likeness (QED) is 0.226. The number of aryl methyl sites for hydroxylation is 1. The maximum atomic E-state index is 12.9. The number of rotatable bonds is 12. The lowest BCUT2D eigenvalue weighted by Crippen LogP contribution is -2.27. The fraction of sp³-hybridized carbons (Fsp3) is 0.233. The van der Waals surface area contributed by atoms with Crippen molar-refractivity contribution in [3.05, 3.63) is 94.5 Å². The summed E-state index contributed by atoms with van der Waals surface area (Å²) in [6.45, 7) is 0.477. The SMILES string of the molecule is COc1ccc(CCOc2ccc3oc(C(=O)CC(CCn4nnc5ccccc5c4=O)C(=O)O)cc3c2)cc1. The van der Waals surface area contributed by atoms with Crippen LogP contribution in [0.25, 0.3) is 21.9 Å². The van der Waals surface area contributed by atoms with Gasteiger partial charge in [0.2, 0.25) is 0 Å². The van der Waals surface area contributed by atoms with E-state index < -0.39 is 17.7 Å². The van der Waals surface area contributed by atoms with Crippen LogP contribution < -0.4 is 15.0 Å². The predicted octanol–water partition coefficient (Wildman–Crippen LogP) is 4.53. The van der Waals surface area contributed by atoms with Crippen LogP contribution in [-0.4, -0.2) is 45.6 Å². The Kier molecular flexibility index (Phi) is 7.86. The minimum atomic E-state index is -1.14. The third kappa shape index (κ3) is 6.01. The van der Waals surface area contributed by atoms with Gasteiger partial charge in [0, 0.05) is 24.8 Å². The number of benzene rings is 3. The number of Topliss-reactive ketones (excluding diaryl/α,β-unsaturated/α-hetero) is 1. The Labute approximate surface area is 228 Å². The minimum Gasteiger partial charge on any atom is -0.497 e. The number of methoxy groups -OCH3 is 1. The van der Waals surface area contributed by atoms with E-state index in [9.17, 15) is 19.5 Å². The second kappa shape index (κ2) is 11.8. The van der Waals surface area contributed by atoms with Gasteiger partial charge in [-0.05, 0) is 60.5 Å². The molecule has 0 fully saturated rings. The molecule has 5 aromatic rings. The molecule has 0 bridgehead atoms. The van der Waals surface area contributed by atoms with Gasteiger partial charge in [0.1, 0.15) is 22.6 Å². The molecule has 0 aliphatic carbocycles. The number of furan rings is 1. The normalized spacial score (nSPS) is 11.9. The van der Waals surface area contributed by atoms with Crippen molar-refractivity contribution in [2.24, 2.45) is 5.92 Å². The molecule has 1 atom stereocenters. The molecular weight excluding hydrogens is 514 g/mol. The number of carbonyl (C=O) groups is 2. The first kappa shape index (κ1) is 26.6. The summed E-state index contributed by atoms with van der Waals surface area (Å²) < 4.78 is 17.9. The molecule has 10 nitrogen and oxygen atoms in total. The summed E-state index contributed by atoms with van der Waals surface area (Å²) in [6, 6.07) is 21.4. The first-order valence-corrected chi connectivity index (χ1v) is 12.8. The van der Waals surface area contributed by atoms with Crippen LogP contribution in [0, 0.1) is 5.92 Å². The van der Waals surface area contributed by atoms with Crippen LogP contribution in [0.1, 0.15) is 29.0 Å². The molecule has 0 saturated heterocycles. The Balaban J connectivity index is 1.21. The van der Waals surface area contributed by atoms with Crippen molar-refractivity contribution < 1.29 is 28.6 Å². The van der Waals surface area contributed by atoms with Gasteiger partial charge in [0.15, 0.2) is 11.5 Å². The van der Waals surface area contributed by atoms with Crippen molar-refractivity contribution in [2.75, 3.05) is 13.7 Å². The predicted molar refractivity (Wildman–Crippen MR) is 147 cm³/mol. The lowest BCUT2D eigenvalue weighted by atomic mass is 9.98. The molecular formula is C30H27N3O7. The summed E-state index contributed by atoms with van der Waals surface area (Å²) in [5.74, 6) is -1.12. The number of fused-ring (bicyclic) bond motifs is 2. The zero-order valence-corrected chi connectivity index (χ0v) is 21.8. The Hall–Kier alpha value is -4.99. The van der Waals surface area contributed by atoms with Crippen molar-refractivity contribution >= 4 is 33.6 Å². The topological polar surface area (TPSA) is 134 Å². The monoisotopic (exact) mass is 541 g/mol. The van der Waals surface area contributed by atoms with Crippen molar-refractivity contribution in [3.8, 4) is 11.5 Å². The number of aromatic nitrogens is 3. The summed E-state index contributed by atoms with van der Waals surface area (Å²) in [5.41, 5.74) is 1.71. The molecule has 0 aliphatic heterocycles. The molecule has 0 radical (unpaired) electrons. The number of hydrogen-bond donors (Lipinski definition) is 1. The fourth-order valence-electron chi connectivity index (χ4n) is 4.41. The number of ketones is 1. The van der Waals surface area contributed by atoms with E-state index in [1.165, 1.54) is 0 Å². The molecule has 10 heteroatoms. The highest BCUT2D eigenvalue weighted by Gasteiger charge is 2.24. The van der Waals surface area contributed by atoms with E-state index in [-0.39, 0.29) is 30.7 Å². The molecule has 40 heavy (non-hydrogen) atoms. The molecule has 0 amide bonds. The first-order valence-electron chi connectivity index (χ1n) is 12.8. The molecule has 1 unspecified atom stereocenters. The Morgan fingerprint density at radius 1 is 1.02 bits per heavy atom. The van der Waals surface area contributed by atoms with Gasteiger partial charge in [-0.3, -0.25) is 14.4 Å². The molecule has 2 aromatic heterocycles. The fourth-order valence-corrected chi connectivity index (χ4v) is 4.41. The van der Waals surface area contributed by atoms with Gasteiger partial charge in [-0.15, -0.1) is 5.10 Å². The van der Waals surface area contributed by atoms with E-state index in [0.717, 1.165) is 16.0 Å². The zero-order valence-electron chi connectivity index (χ0n) is 21.8. The van der Waals surface area contributed by atoms with Crippen molar-refractivity contribution in [3.63, 3.8) is 0 Å². The Morgan fingerprint density at radius 2 is 1.80 bits per heavy atom. The number of ether oxygens (including phenoxy) is 2. The first-order chi connectivity index (χ1) is 19.4. The maximum Gasteiger partial charge on any atom is 0.307 e. The van der Waals surface area contributed by atoms with Gasteiger partial charge in [-0.25, -0.2) is 4.68 Å². The number of carboxylic acid groups (broad SMARTS) is 1. The van der Waals surface area contributed by atoms with Crippen LogP contribution in [0.4, 0.5) is 0 Å². The number of carbonyl (C=O) groups excluding carboxylic acids is 1. The summed E-state index contributed by atoms with van der Waals surface area (Å²) >= 11 is 0. The highest BCUT2D eigenvalue weighted by atomic mass is 16.5. The number of aliphatic carboxylic acids is 1. The van der Waals surface area contributed by atoms with Crippen LogP contribution >= 0.6 is 0 Å². The van der Waals surface area contributed by atoms with E-state index >= 15 is 0 Å². The summed E-state index contributed by atoms with van der Waals surface area (Å²) in [5, 5.41) is 18.7. The summed E-state index contributed by atoms with van der Waals surface area (Å²) in [6.07, 6.45) is 0.460. The molecule has 5 rings (SSSR count). The van der Waals surface area contributed by atoms with Gasteiger partial charge in [-0.2, -0.15) is 0 Å². The van der Waals surface area contributed by atoms with Crippen molar-refractivity contribution in [1.29, 1.82) is 0 Å². The standard InChI is InChI=1S/C30H27N3O7/c1-38-22-8-6-19(7-9-22)13-15-39-23-10-11-27-21(16-23)18-28(40-27)26(34)17-20(30(36)37)12-14-33-29(35)24-4-2-3-5-25(24)31-32-33/h2-11,16,18,20H,12-15,17H2,1H3,(H,36,37). The lowest BCUT2D eigenvalue weighted by Gasteiger charge is -2.11. The molecule has 3 aromatic carbocycles. The average Bonchev–Trinajstić information content (AvgIpc) is 3.40. The molecule has 2 heterocycles.